The molecule has 0 aliphatic rings. The lowest BCUT2D eigenvalue weighted by Gasteiger charge is -2.23. The van der Waals surface area contributed by atoms with Gasteiger partial charge in [0.15, 0.2) is 0 Å². The first kappa shape index (κ1) is 21.3. The molecule has 3 rings (SSSR count). The molecular formula is C25H31NO3. The van der Waals surface area contributed by atoms with Gasteiger partial charge in [-0.15, -0.1) is 0 Å². The van der Waals surface area contributed by atoms with E-state index in [9.17, 15) is 4.79 Å². The first-order chi connectivity index (χ1) is 13.9. The van der Waals surface area contributed by atoms with Crippen molar-refractivity contribution in [3.05, 3.63) is 80.7 Å². The molecule has 0 bridgehead atoms. The highest BCUT2D eigenvalue weighted by Gasteiger charge is 2.14. The van der Waals surface area contributed by atoms with Crippen molar-refractivity contribution in [1.82, 2.24) is 4.90 Å². The Morgan fingerprint density at radius 1 is 1.03 bits per heavy atom. The molecule has 0 unspecified atom stereocenters. The van der Waals surface area contributed by atoms with Gasteiger partial charge in [0.2, 0.25) is 0 Å². The summed E-state index contributed by atoms with van der Waals surface area (Å²) in [5.74, 6) is 0.523. The second kappa shape index (κ2) is 9.38. The minimum absolute atomic E-state index is 0.297. The SMILES string of the molecule is COCCN(Cc1ccc(C(C)C)cc1)Cc1cc(=O)oc2c(C)c(C)ccc12. The fourth-order valence-corrected chi connectivity index (χ4v) is 3.60. The van der Waals surface area contributed by atoms with E-state index in [2.05, 4.69) is 55.1 Å². The van der Waals surface area contributed by atoms with Gasteiger partial charge in [0, 0.05) is 38.2 Å². The minimum atomic E-state index is -0.297. The fourth-order valence-electron chi connectivity index (χ4n) is 3.60. The predicted octanol–water partition coefficient (Wildman–Crippen LogP) is 5.18. The number of rotatable bonds is 8. The molecule has 0 amide bonds. The van der Waals surface area contributed by atoms with E-state index in [1.807, 2.05) is 13.8 Å². The lowest BCUT2D eigenvalue weighted by Crippen LogP contribution is -2.27. The van der Waals surface area contributed by atoms with Crippen molar-refractivity contribution in [2.45, 2.75) is 46.7 Å². The normalized spacial score (nSPS) is 11.7. The Labute approximate surface area is 173 Å². The molecule has 1 aromatic heterocycles. The Kier molecular flexibility index (Phi) is 6.88. The zero-order valence-electron chi connectivity index (χ0n) is 18.1. The Hall–Kier alpha value is -2.43. The third kappa shape index (κ3) is 5.14. The first-order valence-electron chi connectivity index (χ1n) is 10.2. The number of aryl methyl sites for hydroxylation is 2. The van der Waals surface area contributed by atoms with Crippen LogP contribution in [0.1, 0.15) is 47.6 Å². The monoisotopic (exact) mass is 393 g/mol. The van der Waals surface area contributed by atoms with Gasteiger partial charge in [-0.3, -0.25) is 4.90 Å². The summed E-state index contributed by atoms with van der Waals surface area (Å²) in [5.41, 5.74) is 6.14. The second-order valence-electron chi connectivity index (χ2n) is 8.07. The molecular weight excluding hydrogens is 362 g/mol. The molecule has 0 N–H and O–H groups in total. The number of fused-ring (bicyclic) bond motifs is 1. The Balaban J connectivity index is 1.90. The largest absolute Gasteiger partial charge is 0.422 e. The van der Waals surface area contributed by atoms with Gasteiger partial charge in [0.25, 0.3) is 0 Å². The number of hydrogen-bond acceptors (Lipinski definition) is 4. The van der Waals surface area contributed by atoms with Gasteiger partial charge in [-0.25, -0.2) is 4.79 Å². The van der Waals surface area contributed by atoms with Crippen LogP contribution in [-0.2, 0) is 17.8 Å². The predicted molar refractivity (Wildman–Crippen MR) is 118 cm³/mol. The molecule has 29 heavy (non-hydrogen) atoms. The molecule has 154 valence electrons. The zero-order valence-corrected chi connectivity index (χ0v) is 18.1. The van der Waals surface area contributed by atoms with Crippen LogP contribution in [0, 0.1) is 13.8 Å². The summed E-state index contributed by atoms with van der Waals surface area (Å²) in [6, 6.07) is 14.6. The average Bonchev–Trinajstić information content (AvgIpc) is 2.69. The van der Waals surface area contributed by atoms with Crippen LogP contribution in [0.4, 0.5) is 0 Å². The van der Waals surface area contributed by atoms with Crippen LogP contribution in [0.15, 0.2) is 51.7 Å². The van der Waals surface area contributed by atoms with E-state index in [0.29, 0.717) is 24.7 Å². The van der Waals surface area contributed by atoms with Crippen LogP contribution in [-0.4, -0.2) is 25.2 Å². The summed E-state index contributed by atoms with van der Waals surface area (Å²) in [4.78, 5) is 14.5. The molecule has 3 aromatic rings. The minimum Gasteiger partial charge on any atom is -0.422 e. The van der Waals surface area contributed by atoms with E-state index in [1.165, 1.54) is 11.1 Å². The Morgan fingerprint density at radius 3 is 2.41 bits per heavy atom. The number of hydrogen-bond donors (Lipinski definition) is 0. The topological polar surface area (TPSA) is 42.7 Å². The molecule has 2 aromatic carbocycles. The van der Waals surface area contributed by atoms with Crippen LogP contribution >= 0.6 is 0 Å². The van der Waals surface area contributed by atoms with Crippen molar-refractivity contribution in [2.24, 2.45) is 0 Å². The van der Waals surface area contributed by atoms with Crippen molar-refractivity contribution >= 4 is 11.0 Å². The van der Waals surface area contributed by atoms with Crippen LogP contribution in [0.5, 0.6) is 0 Å². The highest BCUT2D eigenvalue weighted by molar-refractivity contribution is 5.83. The second-order valence-corrected chi connectivity index (χ2v) is 8.07. The van der Waals surface area contributed by atoms with Gasteiger partial charge in [0.05, 0.1) is 6.61 Å². The maximum atomic E-state index is 12.2. The van der Waals surface area contributed by atoms with Crippen molar-refractivity contribution in [3.63, 3.8) is 0 Å². The average molecular weight is 394 g/mol. The number of benzene rings is 2. The van der Waals surface area contributed by atoms with Crippen molar-refractivity contribution in [2.75, 3.05) is 20.3 Å². The zero-order chi connectivity index (χ0) is 21.0. The molecule has 0 atom stereocenters. The van der Waals surface area contributed by atoms with Gasteiger partial charge in [-0.2, -0.15) is 0 Å². The molecule has 4 nitrogen and oxygen atoms in total. The van der Waals surface area contributed by atoms with E-state index in [0.717, 1.165) is 35.2 Å². The quantitative estimate of drug-likeness (QED) is 0.495. The maximum absolute atomic E-state index is 12.2. The van der Waals surface area contributed by atoms with Gasteiger partial charge in [0.1, 0.15) is 5.58 Å². The summed E-state index contributed by atoms with van der Waals surface area (Å²) < 4.78 is 10.9. The Bertz CT molecular complexity index is 1020. The van der Waals surface area contributed by atoms with E-state index in [1.54, 1.807) is 13.2 Å². The fraction of sp³-hybridized carbons (Fsp3) is 0.400. The maximum Gasteiger partial charge on any atom is 0.336 e. The van der Waals surface area contributed by atoms with Crippen molar-refractivity contribution in [3.8, 4) is 0 Å². The highest BCUT2D eigenvalue weighted by atomic mass is 16.5. The van der Waals surface area contributed by atoms with Crippen LogP contribution in [0.3, 0.4) is 0 Å². The summed E-state index contributed by atoms with van der Waals surface area (Å²) in [5, 5.41) is 1.00. The number of methoxy groups -OCH3 is 1. The molecule has 0 saturated heterocycles. The molecule has 1 heterocycles. The summed E-state index contributed by atoms with van der Waals surface area (Å²) in [7, 11) is 1.72. The number of ether oxygens (including phenoxy) is 1. The summed E-state index contributed by atoms with van der Waals surface area (Å²) in [6.45, 7) is 11.3. The van der Waals surface area contributed by atoms with Crippen molar-refractivity contribution in [1.29, 1.82) is 0 Å². The van der Waals surface area contributed by atoms with Gasteiger partial charge >= 0.3 is 5.63 Å². The molecule has 4 heteroatoms. The van der Waals surface area contributed by atoms with E-state index < -0.39 is 0 Å². The van der Waals surface area contributed by atoms with Gasteiger partial charge in [-0.1, -0.05) is 50.2 Å². The number of nitrogens with zero attached hydrogens (tertiary/aromatic N) is 1. The molecule has 0 radical (unpaired) electrons. The lowest BCUT2D eigenvalue weighted by molar-refractivity contribution is 0.140. The third-order valence-corrected chi connectivity index (χ3v) is 5.58. The van der Waals surface area contributed by atoms with E-state index in [-0.39, 0.29) is 5.63 Å². The molecule has 0 fully saturated rings. The molecule has 0 spiro atoms. The molecule has 0 aliphatic carbocycles. The van der Waals surface area contributed by atoms with Crippen molar-refractivity contribution < 1.29 is 9.15 Å². The molecule has 0 saturated carbocycles. The van der Waals surface area contributed by atoms with Crippen LogP contribution in [0.2, 0.25) is 0 Å². The lowest BCUT2D eigenvalue weighted by atomic mass is 10.0. The summed E-state index contributed by atoms with van der Waals surface area (Å²) in [6.07, 6.45) is 0. The van der Waals surface area contributed by atoms with Gasteiger partial charge in [-0.05, 0) is 47.6 Å². The van der Waals surface area contributed by atoms with E-state index in [4.69, 9.17) is 9.15 Å². The Morgan fingerprint density at radius 2 is 1.76 bits per heavy atom. The van der Waals surface area contributed by atoms with E-state index >= 15 is 0 Å². The highest BCUT2D eigenvalue weighted by Crippen LogP contribution is 2.25. The first-order valence-corrected chi connectivity index (χ1v) is 10.2. The molecule has 0 aliphatic heterocycles. The summed E-state index contributed by atoms with van der Waals surface area (Å²) >= 11 is 0. The smallest absolute Gasteiger partial charge is 0.336 e. The van der Waals surface area contributed by atoms with Gasteiger partial charge < -0.3 is 9.15 Å². The van der Waals surface area contributed by atoms with Crippen LogP contribution in [0.25, 0.3) is 11.0 Å². The standard InChI is InChI=1S/C25H31NO3/c1-17(2)21-9-7-20(8-10-21)15-26(12-13-28-5)16-22-14-24(27)29-25-19(4)18(3)6-11-23(22)25/h6-11,14,17H,12-13,15-16H2,1-5H3. The van der Waals surface area contributed by atoms with Crippen LogP contribution < -0.4 is 5.63 Å². The third-order valence-electron chi connectivity index (χ3n) is 5.58.